The number of allylic oxidation sites excluding steroid dienone is 1. The Morgan fingerprint density at radius 2 is 2.00 bits per heavy atom. The van der Waals surface area contributed by atoms with E-state index in [0.717, 1.165) is 6.07 Å². The average molecular weight is 358 g/mol. The van der Waals surface area contributed by atoms with Gasteiger partial charge in [0.25, 0.3) is 0 Å². The third-order valence-electron chi connectivity index (χ3n) is 2.50. The summed E-state index contributed by atoms with van der Waals surface area (Å²) in [6.07, 6.45) is 0. The van der Waals surface area contributed by atoms with E-state index in [1.54, 1.807) is 0 Å². The van der Waals surface area contributed by atoms with Crippen molar-refractivity contribution in [3.63, 3.8) is 0 Å². The minimum Gasteiger partial charge on any atom is -0.508 e. The van der Waals surface area contributed by atoms with Crippen LogP contribution < -0.4 is 0 Å². The van der Waals surface area contributed by atoms with E-state index in [2.05, 4.69) is 15.9 Å². The lowest BCUT2D eigenvalue weighted by molar-refractivity contribution is -0.113. The molecule has 0 aliphatic rings. The highest BCUT2D eigenvalue weighted by molar-refractivity contribution is 9.10. The fourth-order valence-electron chi connectivity index (χ4n) is 1.62. The molecule has 0 amide bonds. The van der Waals surface area contributed by atoms with Crippen molar-refractivity contribution >= 4 is 33.4 Å². The lowest BCUT2D eigenvalue weighted by atomic mass is 10.1. The molecule has 0 saturated carbocycles. The van der Waals surface area contributed by atoms with Gasteiger partial charge in [-0.3, -0.25) is 4.79 Å². The molecule has 0 unspecified atom stereocenters. The molecular formula is C14H13BrFNO4. The number of benzene rings is 1. The Morgan fingerprint density at radius 1 is 1.38 bits per heavy atom. The molecule has 5 nitrogen and oxygen atoms in total. The fraction of sp³-hybridized carbons (Fsp3) is 0.214. The van der Waals surface area contributed by atoms with Gasteiger partial charge in [0.15, 0.2) is 5.78 Å². The average Bonchev–Trinajstić information content (AvgIpc) is 2.38. The van der Waals surface area contributed by atoms with Crippen LogP contribution in [-0.2, 0) is 9.53 Å². The predicted molar refractivity (Wildman–Crippen MR) is 78.1 cm³/mol. The number of hydrogen-bond donors (Lipinski definition) is 2. The predicted octanol–water partition coefficient (Wildman–Crippen LogP) is 3.19. The SMILES string of the molecule is CC(=N)/C(C(C)=O)=C(/O)COC(=O)c1cc(F)ccc1Br. The molecule has 0 fully saturated rings. The summed E-state index contributed by atoms with van der Waals surface area (Å²) in [5.41, 5.74) is -0.386. The summed E-state index contributed by atoms with van der Waals surface area (Å²) in [5.74, 6) is -2.50. The molecule has 0 aromatic heterocycles. The summed E-state index contributed by atoms with van der Waals surface area (Å²) in [5, 5.41) is 17.1. The van der Waals surface area contributed by atoms with Crippen LogP contribution in [0, 0.1) is 11.2 Å². The Labute approximate surface area is 129 Å². The summed E-state index contributed by atoms with van der Waals surface area (Å²) >= 11 is 3.08. The van der Waals surface area contributed by atoms with E-state index < -0.39 is 29.9 Å². The van der Waals surface area contributed by atoms with E-state index >= 15 is 0 Å². The minimum atomic E-state index is -0.863. The first-order valence-electron chi connectivity index (χ1n) is 5.84. The molecule has 0 bridgehead atoms. The number of halogens is 2. The number of esters is 1. The van der Waals surface area contributed by atoms with Crippen molar-refractivity contribution in [2.24, 2.45) is 0 Å². The first-order valence-corrected chi connectivity index (χ1v) is 6.64. The van der Waals surface area contributed by atoms with Gasteiger partial charge in [-0.25, -0.2) is 9.18 Å². The van der Waals surface area contributed by atoms with Crippen LogP contribution >= 0.6 is 15.9 Å². The molecular weight excluding hydrogens is 345 g/mol. The maximum atomic E-state index is 13.1. The van der Waals surface area contributed by atoms with Gasteiger partial charge in [0.1, 0.15) is 18.2 Å². The second-order valence-electron chi connectivity index (χ2n) is 4.20. The molecule has 1 aromatic carbocycles. The van der Waals surface area contributed by atoms with Crippen molar-refractivity contribution < 1.29 is 23.8 Å². The van der Waals surface area contributed by atoms with Crippen LogP contribution in [0.5, 0.6) is 0 Å². The van der Waals surface area contributed by atoms with E-state index in [1.807, 2.05) is 0 Å². The monoisotopic (exact) mass is 357 g/mol. The van der Waals surface area contributed by atoms with Gasteiger partial charge in [0.2, 0.25) is 0 Å². The molecule has 0 aliphatic carbocycles. The highest BCUT2D eigenvalue weighted by Crippen LogP contribution is 2.19. The fourth-order valence-corrected chi connectivity index (χ4v) is 2.03. The molecule has 0 atom stereocenters. The number of hydrogen-bond acceptors (Lipinski definition) is 5. The van der Waals surface area contributed by atoms with E-state index in [9.17, 15) is 19.1 Å². The maximum Gasteiger partial charge on any atom is 0.339 e. The van der Waals surface area contributed by atoms with Crippen LogP contribution in [0.2, 0.25) is 0 Å². The molecule has 0 radical (unpaired) electrons. The van der Waals surface area contributed by atoms with Crippen LogP contribution in [-0.4, -0.2) is 29.2 Å². The van der Waals surface area contributed by atoms with E-state index in [1.165, 1.54) is 26.0 Å². The molecule has 112 valence electrons. The van der Waals surface area contributed by atoms with Gasteiger partial charge in [0.05, 0.1) is 11.1 Å². The van der Waals surface area contributed by atoms with Crippen molar-refractivity contribution in [1.82, 2.24) is 0 Å². The molecule has 0 heterocycles. The van der Waals surface area contributed by atoms with Crippen molar-refractivity contribution in [2.75, 3.05) is 6.61 Å². The summed E-state index contributed by atoms with van der Waals surface area (Å²) < 4.78 is 18.2. The Bertz CT molecular complexity index is 624. The molecule has 0 aliphatic heterocycles. The van der Waals surface area contributed by atoms with Crippen LogP contribution in [0.25, 0.3) is 0 Å². The van der Waals surface area contributed by atoms with Crippen LogP contribution in [0.1, 0.15) is 24.2 Å². The molecule has 1 rings (SSSR count). The summed E-state index contributed by atoms with van der Waals surface area (Å²) in [6.45, 7) is 1.94. The Balaban J connectivity index is 2.90. The van der Waals surface area contributed by atoms with Gasteiger partial charge in [-0.15, -0.1) is 0 Å². The van der Waals surface area contributed by atoms with Crippen molar-refractivity contribution in [3.05, 3.63) is 45.4 Å². The third kappa shape index (κ3) is 4.49. The van der Waals surface area contributed by atoms with Gasteiger partial charge in [-0.05, 0) is 48.0 Å². The van der Waals surface area contributed by atoms with Gasteiger partial charge in [-0.2, -0.15) is 0 Å². The number of carbonyl (C=O) groups excluding carboxylic acids is 2. The van der Waals surface area contributed by atoms with Crippen molar-refractivity contribution in [2.45, 2.75) is 13.8 Å². The second kappa shape index (κ2) is 7.12. The van der Waals surface area contributed by atoms with Gasteiger partial charge >= 0.3 is 5.97 Å². The van der Waals surface area contributed by atoms with E-state index in [0.29, 0.717) is 4.47 Å². The molecule has 21 heavy (non-hydrogen) atoms. The quantitative estimate of drug-likeness (QED) is 0.366. The maximum absolute atomic E-state index is 13.1. The van der Waals surface area contributed by atoms with Crippen LogP contribution in [0.15, 0.2) is 34.0 Å². The number of carbonyl (C=O) groups is 2. The zero-order chi connectivity index (χ0) is 16.2. The standard InChI is InChI=1S/C14H13BrFNO4/c1-7(17)13(8(2)18)12(19)6-21-14(20)10-5-9(16)3-4-11(10)15/h3-5,17,19H,6H2,1-2H3/b13-12-,17-7?. The summed E-state index contributed by atoms with van der Waals surface area (Å²) in [4.78, 5) is 23.1. The Hall–Kier alpha value is -2.02. The topological polar surface area (TPSA) is 87.5 Å². The number of rotatable bonds is 5. The van der Waals surface area contributed by atoms with Crippen LogP contribution in [0.4, 0.5) is 4.39 Å². The van der Waals surface area contributed by atoms with Crippen molar-refractivity contribution in [3.8, 4) is 0 Å². The Kier molecular flexibility index (Phi) is 5.78. The smallest absolute Gasteiger partial charge is 0.339 e. The first kappa shape index (κ1) is 17.0. The lowest BCUT2D eigenvalue weighted by Gasteiger charge is -2.09. The van der Waals surface area contributed by atoms with E-state index in [4.69, 9.17) is 10.1 Å². The largest absolute Gasteiger partial charge is 0.508 e. The molecule has 1 aromatic rings. The molecule has 7 heteroatoms. The highest BCUT2D eigenvalue weighted by Gasteiger charge is 2.17. The molecule has 2 N–H and O–H groups in total. The lowest BCUT2D eigenvalue weighted by Crippen LogP contribution is -2.15. The Morgan fingerprint density at radius 3 is 2.52 bits per heavy atom. The number of nitrogens with one attached hydrogen (secondary N) is 1. The number of ketones is 1. The number of Topliss-reactive ketones (excluding diaryl/α,β-unsaturated/α-hetero) is 1. The van der Waals surface area contributed by atoms with Gasteiger partial charge in [-0.1, -0.05) is 0 Å². The minimum absolute atomic E-state index is 0.0428. The third-order valence-corrected chi connectivity index (χ3v) is 3.20. The number of ether oxygens (including phenoxy) is 1. The van der Waals surface area contributed by atoms with E-state index in [-0.39, 0.29) is 16.8 Å². The summed E-state index contributed by atoms with van der Waals surface area (Å²) in [7, 11) is 0. The zero-order valence-corrected chi connectivity index (χ0v) is 13.0. The highest BCUT2D eigenvalue weighted by atomic mass is 79.9. The van der Waals surface area contributed by atoms with Crippen LogP contribution in [0.3, 0.4) is 0 Å². The zero-order valence-electron chi connectivity index (χ0n) is 11.4. The van der Waals surface area contributed by atoms with Gasteiger partial charge < -0.3 is 15.3 Å². The molecule has 0 spiro atoms. The normalized spacial score (nSPS) is 11.6. The number of aliphatic hydroxyl groups is 1. The van der Waals surface area contributed by atoms with Gasteiger partial charge in [0, 0.05) is 10.2 Å². The number of aliphatic hydroxyl groups excluding tert-OH is 1. The van der Waals surface area contributed by atoms with Crippen molar-refractivity contribution in [1.29, 1.82) is 5.41 Å². The molecule has 0 saturated heterocycles. The summed E-state index contributed by atoms with van der Waals surface area (Å²) in [6, 6.07) is 3.51. The first-order chi connectivity index (χ1) is 9.73. The second-order valence-corrected chi connectivity index (χ2v) is 5.06.